The van der Waals surface area contributed by atoms with Crippen LogP contribution in [0.4, 0.5) is 11.4 Å². The highest BCUT2D eigenvalue weighted by Gasteiger charge is 2.16. The number of rotatable bonds is 4. The summed E-state index contributed by atoms with van der Waals surface area (Å²) < 4.78 is 2.21. The van der Waals surface area contributed by atoms with Gasteiger partial charge in [-0.1, -0.05) is 35.3 Å². The maximum absolute atomic E-state index is 6.17. The molecule has 0 unspecified atom stereocenters. The smallest absolute Gasteiger partial charge is 0.0900 e. The van der Waals surface area contributed by atoms with Gasteiger partial charge in [0.1, 0.15) is 0 Å². The van der Waals surface area contributed by atoms with Crippen LogP contribution in [0.3, 0.4) is 0 Å². The second kappa shape index (κ2) is 10.1. The Kier molecular flexibility index (Phi) is 7.13. The van der Waals surface area contributed by atoms with Gasteiger partial charge in [-0.25, -0.2) is 4.98 Å². The molecule has 7 heteroatoms. The maximum Gasteiger partial charge on any atom is 0.0900 e. The van der Waals surface area contributed by atoms with Crippen LogP contribution < -0.4 is 10.7 Å². The van der Waals surface area contributed by atoms with E-state index in [-0.39, 0.29) is 18.4 Å². The second-order valence-electron chi connectivity index (χ2n) is 8.13. The van der Waals surface area contributed by atoms with Crippen molar-refractivity contribution in [3.8, 4) is 17.1 Å². The summed E-state index contributed by atoms with van der Waals surface area (Å²) in [6.07, 6.45) is 0. The van der Waals surface area contributed by atoms with Crippen molar-refractivity contribution < 1.29 is 0 Å². The average Bonchev–Trinajstić information content (AvgIpc) is 2.80. The van der Waals surface area contributed by atoms with Gasteiger partial charge in [-0.3, -0.25) is 4.99 Å². The number of fused-ring (bicyclic) bond motifs is 2. The normalized spacial score (nSPS) is 11.7. The van der Waals surface area contributed by atoms with Crippen LogP contribution in [-0.4, -0.2) is 15.6 Å². The fourth-order valence-corrected chi connectivity index (χ4v) is 4.14. The Morgan fingerprint density at radius 1 is 0.853 bits per heavy atom. The molecule has 0 amide bonds. The van der Waals surface area contributed by atoms with E-state index in [2.05, 4.69) is 41.9 Å². The lowest BCUT2D eigenvalue weighted by Gasteiger charge is -2.20. The Hall–Kier alpha value is -3.05. The van der Waals surface area contributed by atoms with Crippen LogP contribution in [-0.2, 0) is 0 Å². The lowest BCUT2D eigenvalue weighted by Crippen LogP contribution is -2.16. The number of para-hydroxylation sites is 2. The van der Waals surface area contributed by atoms with Gasteiger partial charge in [0, 0.05) is 27.5 Å². The molecule has 5 rings (SSSR count). The average molecular weight is 510 g/mol. The number of benzene rings is 4. The fourth-order valence-electron chi connectivity index (χ4n) is 3.88. The predicted octanol–water partition coefficient (Wildman–Crippen LogP) is 7.91. The molecule has 0 fully saturated rings. The quantitative estimate of drug-likeness (QED) is 0.250. The number of aromatic nitrogens is 2. The van der Waals surface area contributed by atoms with Crippen molar-refractivity contribution in [1.29, 1.82) is 0 Å². The first-order valence-corrected chi connectivity index (χ1v) is 11.5. The lowest BCUT2D eigenvalue weighted by atomic mass is 10.1. The molecule has 0 atom stereocenters. The monoisotopic (exact) mass is 508 g/mol. The van der Waals surface area contributed by atoms with Crippen LogP contribution in [0.5, 0.6) is 0 Å². The molecular formula is C27H23Cl3N4. The molecule has 1 N–H and O–H groups in total. The van der Waals surface area contributed by atoms with Crippen LogP contribution in [0.15, 0.2) is 89.9 Å². The Bertz CT molecular complexity index is 1470. The molecule has 2 aliphatic rings. The Labute approximate surface area is 214 Å². The number of nitrogens with zero attached hydrogens (tertiary/aromatic N) is 3. The van der Waals surface area contributed by atoms with Gasteiger partial charge in [0.25, 0.3) is 0 Å². The molecular weight excluding hydrogens is 487 g/mol. The molecule has 0 saturated carbocycles. The van der Waals surface area contributed by atoms with Crippen LogP contribution in [0, 0.1) is 0 Å². The third-order valence-electron chi connectivity index (χ3n) is 5.30. The maximum atomic E-state index is 6.17. The van der Waals surface area contributed by atoms with Crippen molar-refractivity contribution in [1.82, 2.24) is 9.55 Å². The van der Waals surface area contributed by atoms with Gasteiger partial charge in [0.15, 0.2) is 0 Å². The number of hydrogen-bond acceptors (Lipinski definition) is 3. The molecule has 1 aliphatic heterocycles. The molecule has 1 aliphatic carbocycles. The minimum atomic E-state index is 0. The molecule has 3 aromatic carbocycles. The van der Waals surface area contributed by atoms with Crippen LogP contribution in [0.1, 0.15) is 13.8 Å². The highest BCUT2D eigenvalue weighted by atomic mass is 35.5. The van der Waals surface area contributed by atoms with E-state index in [1.807, 2.05) is 66.7 Å². The number of anilines is 2. The van der Waals surface area contributed by atoms with Gasteiger partial charge in [-0.15, -0.1) is 12.4 Å². The zero-order valence-corrected chi connectivity index (χ0v) is 21.0. The summed E-state index contributed by atoms with van der Waals surface area (Å²) in [6.45, 7) is 4.14. The summed E-state index contributed by atoms with van der Waals surface area (Å²) in [7, 11) is 0. The van der Waals surface area contributed by atoms with E-state index in [0.717, 1.165) is 44.8 Å². The molecule has 0 bridgehead atoms. The van der Waals surface area contributed by atoms with Crippen molar-refractivity contribution in [2.24, 2.45) is 4.99 Å². The lowest BCUT2D eigenvalue weighted by molar-refractivity contribution is 0.806. The van der Waals surface area contributed by atoms with E-state index in [4.69, 9.17) is 33.2 Å². The zero-order chi connectivity index (χ0) is 22.9. The minimum Gasteiger partial charge on any atom is -0.354 e. The first-order chi connectivity index (χ1) is 16.0. The number of nitrogens with one attached hydrogen (secondary N) is 1. The first kappa shape index (κ1) is 24.1. The highest BCUT2D eigenvalue weighted by molar-refractivity contribution is 6.30. The van der Waals surface area contributed by atoms with Crippen LogP contribution >= 0.6 is 35.6 Å². The fraction of sp³-hybridized carbons (Fsp3) is 0.111. The summed E-state index contributed by atoms with van der Waals surface area (Å²) in [4.78, 5) is 9.87. The first-order valence-electron chi connectivity index (χ1n) is 10.8. The molecule has 3 aromatic rings. The zero-order valence-electron chi connectivity index (χ0n) is 18.7. The van der Waals surface area contributed by atoms with Crippen molar-refractivity contribution in [3.05, 3.63) is 100 Å². The van der Waals surface area contributed by atoms with Gasteiger partial charge in [-0.2, -0.15) is 0 Å². The highest BCUT2D eigenvalue weighted by Crippen LogP contribution is 2.31. The summed E-state index contributed by atoms with van der Waals surface area (Å²) in [5, 5.41) is 5.76. The van der Waals surface area contributed by atoms with E-state index in [9.17, 15) is 0 Å². The summed E-state index contributed by atoms with van der Waals surface area (Å²) in [5.41, 5.74) is 6.60. The standard InChI is InChI=1S/C27H22Cl2N4.ClH/c1-17(2)30-24-16-27-25(15-23(24)31-20-11-7-18(28)8-12-20)32-22-5-3-4-6-26(22)33(27)21-13-9-19(29)10-14-21;/h3-17,31H,1-2H3;1H. The molecule has 1 heterocycles. The van der Waals surface area contributed by atoms with Gasteiger partial charge >= 0.3 is 0 Å². The number of halogens is 3. The van der Waals surface area contributed by atoms with Crippen molar-refractivity contribution >= 4 is 58.0 Å². The van der Waals surface area contributed by atoms with Gasteiger partial charge in [0.05, 0.1) is 33.5 Å². The Morgan fingerprint density at radius 3 is 2.18 bits per heavy atom. The van der Waals surface area contributed by atoms with Gasteiger partial charge in [-0.05, 0) is 86.6 Å². The molecule has 34 heavy (non-hydrogen) atoms. The molecule has 0 spiro atoms. The van der Waals surface area contributed by atoms with E-state index in [1.165, 1.54) is 0 Å². The Balaban J connectivity index is 0.00000274. The van der Waals surface area contributed by atoms with E-state index in [1.54, 1.807) is 0 Å². The Morgan fingerprint density at radius 2 is 1.50 bits per heavy atom. The second-order valence-corrected chi connectivity index (χ2v) is 9.00. The largest absolute Gasteiger partial charge is 0.354 e. The van der Waals surface area contributed by atoms with Crippen molar-refractivity contribution in [2.75, 3.05) is 5.32 Å². The van der Waals surface area contributed by atoms with Crippen LogP contribution in [0.2, 0.25) is 10.0 Å². The van der Waals surface area contributed by atoms with Crippen molar-refractivity contribution in [3.63, 3.8) is 0 Å². The molecule has 0 radical (unpaired) electrons. The van der Waals surface area contributed by atoms with Gasteiger partial charge < -0.3 is 9.88 Å². The van der Waals surface area contributed by atoms with Crippen molar-refractivity contribution in [2.45, 2.75) is 19.9 Å². The summed E-state index contributed by atoms with van der Waals surface area (Å²) in [5.74, 6) is 0. The van der Waals surface area contributed by atoms with E-state index in [0.29, 0.717) is 10.0 Å². The minimum absolute atomic E-state index is 0. The third-order valence-corrected chi connectivity index (χ3v) is 5.81. The SMILES string of the molecule is CC(C)N=c1cc2n(-c3ccc(Cl)cc3)c3ccccc3nc-2cc1Nc1ccc(Cl)cc1.Cl. The summed E-state index contributed by atoms with van der Waals surface area (Å²) in [6, 6.07) is 27.9. The third kappa shape index (κ3) is 4.90. The molecule has 172 valence electrons. The molecule has 4 nitrogen and oxygen atoms in total. The van der Waals surface area contributed by atoms with Gasteiger partial charge in [0.2, 0.25) is 0 Å². The molecule has 0 aromatic heterocycles. The molecule has 0 saturated heterocycles. The van der Waals surface area contributed by atoms with Crippen LogP contribution in [0.25, 0.3) is 28.1 Å². The predicted molar refractivity (Wildman–Crippen MR) is 145 cm³/mol. The summed E-state index contributed by atoms with van der Waals surface area (Å²) >= 11 is 12.2. The topological polar surface area (TPSA) is 42.2 Å². The van der Waals surface area contributed by atoms with E-state index < -0.39 is 0 Å². The van der Waals surface area contributed by atoms with E-state index >= 15 is 0 Å². The number of hydrogen-bond donors (Lipinski definition) is 1.